The fourth-order valence-electron chi connectivity index (χ4n) is 8.00. The highest BCUT2D eigenvalue weighted by atomic mass is 15.0. The Morgan fingerprint density at radius 1 is 0.685 bits per heavy atom. The van der Waals surface area contributed by atoms with E-state index in [0.29, 0.717) is 0 Å². The first-order valence-electron chi connectivity index (χ1n) is 19.3. The molecule has 0 aromatic heterocycles. The number of nitrogens with one attached hydrogen (secondary N) is 1. The van der Waals surface area contributed by atoms with Crippen LogP contribution in [0.25, 0.3) is 33.5 Å². The average Bonchev–Trinajstić information content (AvgIpc) is 3.28. The summed E-state index contributed by atoms with van der Waals surface area (Å²) in [5.74, 6) is 0.164. The minimum absolute atomic E-state index is 0.164. The van der Waals surface area contributed by atoms with E-state index in [1.165, 1.54) is 61.3 Å². The Hall–Kier alpha value is -5.86. The summed E-state index contributed by atoms with van der Waals surface area (Å²) < 4.78 is 0. The molecule has 2 heteroatoms. The second kappa shape index (κ2) is 16.0. The Kier molecular flexibility index (Phi) is 10.8. The predicted octanol–water partition coefficient (Wildman–Crippen LogP) is 13.4. The molecule has 6 aromatic carbocycles. The van der Waals surface area contributed by atoms with Gasteiger partial charge in [0.05, 0.1) is 5.54 Å². The third-order valence-corrected chi connectivity index (χ3v) is 11.3. The van der Waals surface area contributed by atoms with Crippen LogP contribution in [0.4, 0.5) is 5.69 Å². The van der Waals surface area contributed by atoms with Crippen LogP contribution in [0.2, 0.25) is 0 Å². The number of aryl methyl sites for hydroxylation is 2. The third-order valence-electron chi connectivity index (χ3n) is 11.3. The maximum Gasteiger partial charge on any atom is 0.0600 e. The molecule has 0 saturated carbocycles. The second-order valence-electron chi connectivity index (χ2n) is 15.1. The predicted molar refractivity (Wildman–Crippen MR) is 232 cm³/mol. The minimum Gasteiger partial charge on any atom is -0.398 e. The van der Waals surface area contributed by atoms with E-state index < -0.39 is 0 Å². The highest BCUT2D eigenvalue weighted by Gasteiger charge is 2.28. The zero-order valence-corrected chi connectivity index (χ0v) is 32.4. The average molecular weight is 705 g/mol. The van der Waals surface area contributed by atoms with E-state index in [1.807, 2.05) is 18.2 Å². The fraction of sp³-hybridized carbons (Fsp3) is 0.192. The molecule has 3 N–H and O–H groups in total. The van der Waals surface area contributed by atoms with Gasteiger partial charge in [-0.25, -0.2) is 0 Å². The Morgan fingerprint density at radius 2 is 1.37 bits per heavy atom. The Bertz CT molecular complexity index is 2340. The van der Waals surface area contributed by atoms with Gasteiger partial charge in [0.2, 0.25) is 0 Å². The number of anilines is 1. The van der Waals surface area contributed by atoms with Gasteiger partial charge in [0.15, 0.2) is 0 Å². The number of hydrogen-bond donors (Lipinski definition) is 2. The van der Waals surface area contributed by atoms with Crippen molar-refractivity contribution in [3.05, 3.63) is 208 Å². The number of benzene rings is 6. The SMILES string of the molecule is Cc1ccccc1-c1ccc(-c2ccc3c(c2C)C/C=C\CCC(C)(c2cccc(C(C)/C=C(\C=C(/N)c4ccccc4)c4ccccc4)c2)N3)cc1C. The van der Waals surface area contributed by atoms with Crippen LogP contribution >= 0.6 is 0 Å². The molecule has 2 unspecified atom stereocenters. The largest absolute Gasteiger partial charge is 0.398 e. The summed E-state index contributed by atoms with van der Waals surface area (Å²) in [4.78, 5) is 0. The molecule has 270 valence electrons. The Labute approximate surface area is 322 Å². The first-order chi connectivity index (χ1) is 26.2. The lowest BCUT2D eigenvalue weighted by molar-refractivity contribution is 0.500. The van der Waals surface area contributed by atoms with E-state index in [1.54, 1.807) is 0 Å². The van der Waals surface area contributed by atoms with Crippen molar-refractivity contribution in [2.24, 2.45) is 5.73 Å². The molecule has 0 amide bonds. The zero-order chi connectivity index (χ0) is 37.7. The summed E-state index contributed by atoms with van der Waals surface area (Å²) in [6.45, 7) is 11.4. The normalized spacial score (nSPS) is 17.4. The molecule has 1 aliphatic heterocycles. The van der Waals surface area contributed by atoms with Gasteiger partial charge < -0.3 is 11.1 Å². The molecule has 6 aromatic rings. The first-order valence-corrected chi connectivity index (χ1v) is 19.3. The van der Waals surface area contributed by atoms with Crippen molar-refractivity contribution in [1.82, 2.24) is 0 Å². The molecular formula is C52H52N2. The molecule has 0 radical (unpaired) electrons. The van der Waals surface area contributed by atoms with Crippen molar-refractivity contribution >= 4 is 17.0 Å². The molecule has 54 heavy (non-hydrogen) atoms. The number of nitrogens with two attached hydrogens (primary N) is 1. The van der Waals surface area contributed by atoms with Crippen LogP contribution in [0.15, 0.2) is 164 Å². The van der Waals surface area contributed by atoms with Crippen molar-refractivity contribution in [1.29, 1.82) is 0 Å². The van der Waals surface area contributed by atoms with Gasteiger partial charge in [0.25, 0.3) is 0 Å². The van der Waals surface area contributed by atoms with Crippen LogP contribution in [-0.4, -0.2) is 0 Å². The summed E-state index contributed by atoms with van der Waals surface area (Å²) >= 11 is 0. The molecule has 0 saturated heterocycles. The zero-order valence-electron chi connectivity index (χ0n) is 32.4. The number of hydrogen-bond acceptors (Lipinski definition) is 2. The van der Waals surface area contributed by atoms with Crippen molar-refractivity contribution in [2.75, 3.05) is 5.32 Å². The molecule has 1 aliphatic rings. The highest BCUT2D eigenvalue weighted by molar-refractivity contribution is 5.83. The lowest BCUT2D eigenvalue weighted by Crippen LogP contribution is -2.32. The third kappa shape index (κ3) is 7.89. The maximum atomic E-state index is 6.66. The lowest BCUT2D eigenvalue weighted by Gasteiger charge is -2.34. The monoisotopic (exact) mass is 704 g/mol. The van der Waals surface area contributed by atoms with Gasteiger partial charge >= 0.3 is 0 Å². The smallest absolute Gasteiger partial charge is 0.0600 e. The van der Waals surface area contributed by atoms with Crippen molar-refractivity contribution < 1.29 is 0 Å². The van der Waals surface area contributed by atoms with Crippen LogP contribution in [0.1, 0.15) is 77.1 Å². The topological polar surface area (TPSA) is 38.0 Å². The number of fused-ring (bicyclic) bond motifs is 1. The van der Waals surface area contributed by atoms with E-state index in [4.69, 9.17) is 5.73 Å². The van der Waals surface area contributed by atoms with Crippen molar-refractivity contribution in [3.63, 3.8) is 0 Å². The Morgan fingerprint density at radius 3 is 2.11 bits per heavy atom. The van der Waals surface area contributed by atoms with Gasteiger partial charge in [-0.15, -0.1) is 0 Å². The number of allylic oxidation sites excluding steroid dienone is 5. The molecule has 2 nitrogen and oxygen atoms in total. The second-order valence-corrected chi connectivity index (χ2v) is 15.1. The van der Waals surface area contributed by atoms with Gasteiger partial charge in [0, 0.05) is 11.4 Å². The molecule has 2 atom stereocenters. The summed E-state index contributed by atoms with van der Waals surface area (Å²) in [7, 11) is 0. The quantitative estimate of drug-likeness (QED) is 0.122. The van der Waals surface area contributed by atoms with Gasteiger partial charge in [-0.05, 0) is 137 Å². The lowest BCUT2D eigenvalue weighted by atomic mass is 9.84. The van der Waals surface area contributed by atoms with Gasteiger partial charge in [0.1, 0.15) is 0 Å². The number of rotatable bonds is 8. The van der Waals surface area contributed by atoms with Gasteiger partial charge in [-0.3, -0.25) is 0 Å². The van der Waals surface area contributed by atoms with Gasteiger partial charge in [-0.1, -0.05) is 159 Å². The van der Waals surface area contributed by atoms with Crippen LogP contribution < -0.4 is 11.1 Å². The van der Waals surface area contributed by atoms with E-state index in [2.05, 4.69) is 186 Å². The minimum atomic E-state index is -0.261. The molecule has 0 aliphatic carbocycles. The summed E-state index contributed by atoms with van der Waals surface area (Å²) in [5.41, 5.74) is 24.7. The van der Waals surface area contributed by atoms with E-state index in [-0.39, 0.29) is 11.5 Å². The molecule has 0 spiro atoms. The summed E-state index contributed by atoms with van der Waals surface area (Å²) in [6, 6.07) is 50.2. The van der Waals surface area contributed by atoms with E-state index in [0.717, 1.165) is 41.7 Å². The molecule has 7 rings (SSSR count). The van der Waals surface area contributed by atoms with Crippen LogP contribution in [0.5, 0.6) is 0 Å². The van der Waals surface area contributed by atoms with Crippen LogP contribution in [0, 0.1) is 20.8 Å². The molecule has 1 heterocycles. The summed E-state index contributed by atoms with van der Waals surface area (Å²) in [6.07, 6.45) is 12.1. The maximum absolute atomic E-state index is 6.66. The van der Waals surface area contributed by atoms with Crippen molar-refractivity contribution in [2.45, 2.75) is 65.3 Å². The van der Waals surface area contributed by atoms with Crippen LogP contribution in [0.3, 0.4) is 0 Å². The molecular weight excluding hydrogens is 653 g/mol. The fourth-order valence-corrected chi connectivity index (χ4v) is 8.00. The molecule has 0 fully saturated rings. The van der Waals surface area contributed by atoms with Crippen molar-refractivity contribution in [3.8, 4) is 22.3 Å². The summed E-state index contributed by atoms with van der Waals surface area (Å²) in [5, 5.41) is 4.10. The van der Waals surface area contributed by atoms with E-state index in [9.17, 15) is 0 Å². The molecule has 0 bridgehead atoms. The van der Waals surface area contributed by atoms with E-state index >= 15 is 0 Å². The Balaban J connectivity index is 1.20. The highest BCUT2D eigenvalue weighted by Crippen LogP contribution is 2.40. The first kappa shape index (κ1) is 36.5. The van der Waals surface area contributed by atoms with Crippen LogP contribution in [-0.2, 0) is 12.0 Å². The standard InChI is InChI=1S/C52H52N2/c1-36-18-14-15-25-46(36)47-28-27-43(33-38(47)3)48-29-30-51-49(39(48)4)26-13-8-16-31-52(5,54-51)45-24-17-23-42(34-45)37(2)32-44(40-19-9-6-10-20-40)35-50(53)41-21-11-7-12-22-41/h6-15,17-25,27-30,32-35,37,54H,16,26,31,53H2,1-5H3/b13-8-,44-32+,50-35-. The van der Waals surface area contributed by atoms with Gasteiger partial charge in [-0.2, -0.15) is 0 Å².